The number of rotatable bonds is 5. The van der Waals surface area contributed by atoms with Gasteiger partial charge >= 0.3 is 5.97 Å². The highest BCUT2D eigenvalue weighted by atomic mass is 79.9. The molecule has 4 heterocycles. The van der Waals surface area contributed by atoms with Crippen LogP contribution in [0.3, 0.4) is 0 Å². The minimum Gasteiger partial charge on any atom is -0.481 e. The molecule has 0 bridgehead atoms. The number of anilines is 1. The van der Waals surface area contributed by atoms with Crippen molar-refractivity contribution < 1.29 is 9.90 Å². The van der Waals surface area contributed by atoms with Crippen LogP contribution >= 0.6 is 15.9 Å². The van der Waals surface area contributed by atoms with E-state index in [4.69, 9.17) is 15.8 Å². The number of carbonyl (C=O) groups is 1. The number of nitrogens with zero attached hydrogens (tertiary/aromatic N) is 6. The van der Waals surface area contributed by atoms with Crippen molar-refractivity contribution in [1.82, 2.24) is 29.4 Å². The van der Waals surface area contributed by atoms with Crippen molar-refractivity contribution in [2.45, 2.75) is 38.0 Å². The molecule has 32 heavy (non-hydrogen) atoms. The van der Waals surface area contributed by atoms with E-state index in [1.165, 1.54) is 0 Å². The normalized spacial score (nSPS) is 18.8. The van der Waals surface area contributed by atoms with Crippen LogP contribution in [0.2, 0.25) is 0 Å². The Morgan fingerprint density at radius 1 is 1.19 bits per heavy atom. The second-order valence-corrected chi connectivity index (χ2v) is 8.98. The maximum Gasteiger partial charge on any atom is 0.303 e. The van der Waals surface area contributed by atoms with Crippen molar-refractivity contribution in [2.24, 2.45) is 5.92 Å². The average Bonchev–Trinajstić information content (AvgIpc) is 3.44. The molecule has 1 saturated carbocycles. The van der Waals surface area contributed by atoms with Gasteiger partial charge in [-0.2, -0.15) is 14.7 Å². The summed E-state index contributed by atoms with van der Waals surface area (Å²) in [6, 6.07) is 3.80. The molecule has 3 N–H and O–H groups in total. The molecule has 9 nitrogen and oxygen atoms in total. The summed E-state index contributed by atoms with van der Waals surface area (Å²) in [4.78, 5) is 20.2. The number of carboxylic acids is 1. The first kappa shape index (κ1) is 20.6. The molecule has 0 saturated heterocycles. The molecule has 0 radical (unpaired) electrons. The van der Waals surface area contributed by atoms with Crippen LogP contribution in [0.15, 0.2) is 47.6 Å². The lowest BCUT2D eigenvalue weighted by atomic mass is 9.79. The highest BCUT2D eigenvalue weighted by molar-refractivity contribution is 9.10. The van der Waals surface area contributed by atoms with Gasteiger partial charge in [-0.3, -0.25) is 9.78 Å². The Balaban J connectivity index is 1.49. The fourth-order valence-electron chi connectivity index (χ4n) is 4.47. The van der Waals surface area contributed by atoms with E-state index in [1.54, 1.807) is 34.0 Å². The van der Waals surface area contributed by atoms with Crippen LogP contribution in [0, 0.1) is 5.92 Å². The first-order chi connectivity index (χ1) is 15.5. The van der Waals surface area contributed by atoms with Crippen LogP contribution in [0.5, 0.6) is 0 Å². The number of halogens is 1. The monoisotopic (exact) mass is 495 g/mol. The molecule has 164 valence electrons. The van der Waals surface area contributed by atoms with Crippen molar-refractivity contribution in [3.8, 4) is 16.8 Å². The van der Waals surface area contributed by atoms with E-state index < -0.39 is 5.97 Å². The molecule has 10 heteroatoms. The van der Waals surface area contributed by atoms with Crippen molar-refractivity contribution in [3.63, 3.8) is 0 Å². The summed E-state index contributed by atoms with van der Waals surface area (Å²) in [5, 5.41) is 18.0. The fourth-order valence-corrected chi connectivity index (χ4v) is 5.05. The van der Waals surface area contributed by atoms with Gasteiger partial charge in [0.1, 0.15) is 5.82 Å². The molecule has 1 aliphatic carbocycles. The molecular weight excluding hydrogens is 474 g/mol. The lowest BCUT2D eigenvalue weighted by molar-refractivity contribution is -0.138. The molecule has 4 aromatic rings. The van der Waals surface area contributed by atoms with Gasteiger partial charge in [0.25, 0.3) is 0 Å². The van der Waals surface area contributed by atoms with Crippen LogP contribution in [-0.4, -0.2) is 40.4 Å². The maximum atomic E-state index is 11.0. The Bertz CT molecular complexity index is 1280. The van der Waals surface area contributed by atoms with Crippen LogP contribution in [0.25, 0.3) is 22.5 Å². The van der Waals surface area contributed by atoms with E-state index in [1.807, 2.05) is 18.3 Å². The zero-order chi connectivity index (χ0) is 22.2. The number of hydrogen-bond acceptors (Lipinski definition) is 6. The number of nitrogens with two attached hydrogens (primary N) is 1. The molecule has 1 aliphatic rings. The lowest BCUT2D eigenvalue weighted by Gasteiger charge is -2.28. The number of carboxylic acid groups (broad SMARTS) is 1. The summed E-state index contributed by atoms with van der Waals surface area (Å²) in [6.07, 6.45) is 12.7. The predicted octanol–water partition coefficient (Wildman–Crippen LogP) is 4.07. The van der Waals surface area contributed by atoms with E-state index in [0.717, 1.165) is 52.7 Å². The first-order valence-electron chi connectivity index (χ1n) is 10.5. The minimum atomic E-state index is -0.728. The summed E-state index contributed by atoms with van der Waals surface area (Å²) in [5.74, 6) is 0.229. The van der Waals surface area contributed by atoms with Crippen molar-refractivity contribution in [3.05, 3.63) is 53.3 Å². The van der Waals surface area contributed by atoms with E-state index in [0.29, 0.717) is 11.5 Å². The number of pyridine rings is 1. The SMILES string of the molecule is Nc1c(Br)c(C2CCC(CC(=O)O)CC2)nc2c(-c3cnn(-c4cccnc4)c3)cnn12. The predicted molar refractivity (Wildman–Crippen MR) is 122 cm³/mol. The molecule has 0 aliphatic heterocycles. The van der Waals surface area contributed by atoms with Gasteiger partial charge in [-0.05, 0) is 59.7 Å². The molecule has 1 fully saturated rings. The van der Waals surface area contributed by atoms with Gasteiger partial charge < -0.3 is 10.8 Å². The van der Waals surface area contributed by atoms with Gasteiger partial charge in [0.15, 0.2) is 5.65 Å². The Hall–Kier alpha value is -3.27. The number of fused-ring (bicyclic) bond motifs is 1. The summed E-state index contributed by atoms with van der Waals surface area (Å²) in [5.41, 5.74) is 10.6. The smallest absolute Gasteiger partial charge is 0.303 e. The standard InChI is InChI=1S/C22H22BrN7O2/c23-19-20(14-5-3-13(4-6-14)8-18(31)32)28-22-17(11-27-30(22)21(19)24)15-9-26-29(12-15)16-2-1-7-25-10-16/h1-2,7,9-14H,3-6,8,24H2,(H,31,32). The Kier molecular flexibility index (Phi) is 5.38. The summed E-state index contributed by atoms with van der Waals surface area (Å²) in [6.45, 7) is 0. The largest absolute Gasteiger partial charge is 0.481 e. The second kappa shape index (κ2) is 8.34. The second-order valence-electron chi connectivity index (χ2n) is 8.19. The topological polar surface area (TPSA) is 124 Å². The summed E-state index contributed by atoms with van der Waals surface area (Å²) >= 11 is 3.63. The Morgan fingerprint density at radius 3 is 2.72 bits per heavy atom. The molecule has 5 rings (SSSR count). The maximum absolute atomic E-state index is 11.0. The number of hydrogen-bond donors (Lipinski definition) is 2. The van der Waals surface area contributed by atoms with Gasteiger partial charge in [-0.15, -0.1) is 0 Å². The van der Waals surface area contributed by atoms with Gasteiger partial charge in [-0.25, -0.2) is 9.67 Å². The molecule has 0 aromatic carbocycles. The van der Waals surface area contributed by atoms with Crippen LogP contribution in [0.4, 0.5) is 5.82 Å². The Labute approximate surface area is 192 Å². The molecule has 4 aromatic heterocycles. The van der Waals surface area contributed by atoms with Crippen LogP contribution in [0.1, 0.15) is 43.7 Å². The number of aromatic nitrogens is 6. The van der Waals surface area contributed by atoms with Gasteiger partial charge in [-0.1, -0.05) is 0 Å². The zero-order valence-electron chi connectivity index (χ0n) is 17.2. The van der Waals surface area contributed by atoms with Crippen LogP contribution in [-0.2, 0) is 4.79 Å². The molecule has 0 atom stereocenters. The van der Waals surface area contributed by atoms with Crippen molar-refractivity contribution in [2.75, 3.05) is 5.73 Å². The summed E-state index contributed by atoms with van der Waals surface area (Å²) in [7, 11) is 0. The molecule has 0 spiro atoms. The van der Waals surface area contributed by atoms with Gasteiger partial charge in [0.05, 0.1) is 34.4 Å². The quantitative estimate of drug-likeness (QED) is 0.427. The van der Waals surface area contributed by atoms with E-state index in [2.05, 4.69) is 31.1 Å². The fraction of sp³-hybridized carbons (Fsp3) is 0.318. The van der Waals surface area contributed by atoms with Gasteiger partial charge in [0.2, 0.25) is 0 Å². The van der Waals surface area contributed by atoms with Crippen LogP contribution < -0.4 is 5.73 Å². The third-order valence-electron chi connectivity index (χ3n) is 6.15. The van der Waals surface area contributed by atoms with Gasteiger partial charge in [0, 0.05) is 35.9 Å². The summed E-state index contributed by atoms with van der Waals surface area (Å²) < 4.78 is 4.16. The van der Waals surface area contributed by atoms with E-state index in [9.17, 15) is 4.79 Å². The number of aliphatic carboxylic acids is 1. The van der Waals surface area contributed by atoms with Crippen molar-refractivity contribution in [1.29, 1.82) is 0 Å². The zero-order valence-corrected chi connectivity index (χ0v) is 18.8. The third-order valence-corrected chi connectivity index (χ3v) is 6.96. The lowest BCUT2D eigenvalue weighted by Crippen LogP contribution is -2.18. The Morgan fingerprint density at radius 2 is 2.00 bits per heavy atom. The van der Waals surface area contributed by atoms with E-state index in [-0.39, 0.29) is 18.3 Å². The molecule has 0 unspecified atom stereocenters. The third kappa shape index (κ3) is 3.75. The minimum absolute atomic E-state index is 0.225. The first-order valence-corrected chi connectivity index (χ1v) is 11.3. The molecule has 0 amide bonds. The molecular formula is C22H22BrN7O2. The number of nitrogen functional groups attached to an aromatic ring is 1. The highest BCUT2D eigenvalue weighted by Gasteiger charge is 2.28. The van der Waals surface area contributed by atoms with Crippen molar-refractivity contribution >= 4 is 33.4 Å². The van der Waals surface area contributed by atoms with E-state index >= 15 is 0 Å². The highest BCUT2D eigenvalue weighted by Crippen LogP contribution is 2.41. The average molecular weight is 496 g/mol.